The average molecular weight is 531 g/mol. The molecule has 1 saturated heterocycles. The SMILES string of the molecule is C=CC1(C)CCC2C(O)(C1)C(=O)C(O)C1C(C)(COC3OC(CO)C(O)C(O)C3O)C(O)C(O)CC21C. The zero-order valence-electron chi connectivity index (χ0n) is 21.6. The van der Waals surface area contributed by atoms with Crippen molar-refractivity contribution < 1.29 is 55.1 Å². The van der Waals surface area contributed by atoms with Crippen molar-refractivity contribution in [3.63, 3.8) is 0 Å². The lowest BCUT2D eigenvalue weighted by atomic mass is 9.40. The third-order valence-electron chi connectivity index (χ3n) is 10.1. The van der Waals surface area contributed by atoms with Crippen LogP contribution in [-0.4, -0.2) is 114 Å². The zero-order chi connectivity index (χ0) is 27.7. The normalized spacial score (nSPS) is 56.4. The minimum absolute atomic E-state index is 0.0383. The Kier molecular flexibility index (Phi) is 7.51. The highest BCUT2D eigenvalue weighted by atomic mass is 16.7. The third kappa shape index (κ3) is 4.23. The molecular formula is C26H42O11. The number of allylic oxidation sites excluding steroid dienone is 1. The van der Waals surface area contributed by atoms with Crippen LogP contribution in [-0.2, 0) is 14.3 Å². The third-order valence-corrected chi connectivity index (χ3v) is 10.1. The number of ether oxygens (including phenoxy) is 2. The van der Waals surface area contributed by atoms with Crippen LogP contribution in [0.2, 0.25) is 0 Å². The van der Waals surface area contributed by atoms with Crippen LogP contribution in [0.3, 0.4) is 0 Å². The molecule has 11 nitrogen and oxygen atoms in total. The van der Waals surface area contributed by atoms with Gasteiger partial charge in [-0.15, -0.1) is 6.58 Å². The van der Waals surface area contributed by atoms with Crippen molar-refractivity contribution in [2.75, 3.05) is 13.2 Å². The molecule has 14 atom stereocenters. The molecule has 4 rings (SSSR count). The van der Waals surface area contributed by atoms with Crippen LogP contribution < -0.4 is 0 Å². The summed E-state index contributed by atoms with van der Waals surface area (Å²) in [5.41, 5.74) is -4.77. The maximum atomic E-state index is 13.6. The molecule has 0 aromatic heterocycles. The van der Waals surface area contributed by atoms with Gasteiger partial charge in [0.1, 0.15) is 36.1 Å². The maximum absolute atomic E-state index is 13.6. The zero-order valence-corrected chi connectivity index (χ0v) is 21.6. The molecule has 37 heavy (non-hydrogen) atoms. The fourth-order valence-electron chi connectivity index (χ4n) is 8.04. The molecule has 0 amide bonds. The fraction of sp³-hybridized carbons (Fsp3) is 0.885. The van der Waals surface area contributed by atoms with Crippen LogP contribution in [0.25, 0.3) is 0 Å². The fourth-order valence-corrected chi connectivity index (χ4v) is 8.04. The molecule has 3 saturated carbocycles. The van der Waals surface area contributed by atoms with E-state index in [0.29, 0.717) is 12.8 Å². The topological polar surface area (TPSA) is 197 Å². The molecule has 3 aliphatic carbocycles. The number of carbonyl (C=O) groups is 1. The highest BCUT2D eigenvalue weighted by Crippen LogP contribution is 2.65. The number of hydrogen-bond acceptors (Lipinski definition) is 11. The molecule has 0 bridgehead atoms. The van der Waals surface area contributed by atoms with Crippen molar-refractivity contribution in [1.29, 1.82) is 0 Å². The minimum Gasteiger partial charge on any atom is -0.394 e. The van der Waals surface area contributed by atoms with E-state index < -0.39 is 102 Å². The number of ketones is 1. The van der Waals surface area contributed by atoms with Crippen molar-refractivity contribution in [1.82, 2.24) is 0 Å². The van der Waals surface area contributed by atoms with E-state index in [1.165, 1.54) is 0 Å². The Balaban J connectivity index is 1.67. The van der Waals surface area contributed by atoms with E-state index in [9.17, 15) is 45.6 Å². The molecule has 212 valence electrons. The summed E-state index contributed by atoms with van der Waals surface area (Å²) in [5.74, 6) is -2.28. The van der Waals surface area contributed by atoms with Crippen LogP contribution in [0.5, 0.6) is 0 Å². The van der Waals surface area contributed by atoms with Crippen LogP contribution in [0.4, 0.5) is 0 Å². The van der Waals surface area contributed by atoms with Crippen molar-refractivity contribution in [3.8, 4) is 0 Å². The molecular weight excluding hydrogens is 488 g/mol. The van der Waals surface area contributed by atoms with E-state index in [-0.39, 0.29) is 12.8 Å². The Labute approximate surface area is 216 Å². The predicted octanol–water partition coefficient (Wildman–Crippen LogP) is -1.78. The lowest BCUT2D eigenvalue weighted by molar-refractivity contribution is -0.322. The first-order chi connectivity index (χ1) is 17.1. The molecule has 0 aromatic rings. The van der Waals surface area contributed by atoms with Crippen LogP contribution in [0.1, 0.15) is 46.5 Å². The Morgan fingerprint density at radius 2 is 1.73 bits per heavy atom. The predicted molar refractivity (Wildman–Crippen MR) is 128 cm³/mol. The second kappa shape index (κ2) is 9.58. The maximum Gasteiger partial charge on any atom is 0.193 e. The van der Waals surface area contributed by atoms with Gasteiger partial charge in [0.25, 0.3) is 0 Å². The number of hydrogen-bond donors (Lipinski definition) is 8. The standard InChI is InChI=1S/C26H42O11/c1-5-23(2)7-6-14-24(3)8-12(28)20(33)25(4,19(24)18(32)21(34)26(14,35)10-23)11-36-22-17(31)16(30)15(29)13(9-27)37-22/h5,12-20,22,27-33,35H,1,6-11H2,2-4H3. The van der Waals surface area contributed by atoms with Gasteiger partial charge in [-0.05, 0) is 36.5 Å². The van der Waals surface area contributed by atoms with Crippen LogP contribution >= 0.6 is 0 Å². The monoisotopic (exact) mass is 530 g/mol. The smallest absolute Gasteiger partial charge is 0.193 e. The first kappa shape index (κ1) is 29.0. The number of carbonyl (C=O) groups excluding carboxylic acids is 1. The summed E-state index contributed by atoms with van der Waals surface area (Å²) in [4.78, 5) is 13.6. The van der Waals surface area contributed by atoms with E-state index in [0.717, 1.165) is 0 Å². The summed E-state index contributed by atoms with van der Waals surface area (Å²) in [7, 11) is 0. The Hall–Kier alpha value is -0.990. The molecule has 0 aromatic carbocycles. The van der Waals surface area contributed by atoms with Crippen molar-refractivity contribution in [2.45, 2.75) is 101 Å². The summed E-state index contributed by atoms with van der Waals surface area (Å²) in [6.07, 6.45) is -9.09. The lowest BCUT2D eigenvalue weighted by Gasteiger charge is -2.66. The van der Waals surface area contributed by atoms with Crippen LogP contribution in [0, 0.1) is 28.1 Å². The van der Waals surface area contributed by atoms with Gasteiger partial charge in [-0.25, -0.2) is 0 Å². The number of aliphatic hydroxyl groups excluding tert-OH is 7. The molecule has 8 N–H and O–H groups in total. The Bertz CT molecular complexity index is 898. The highest BCUT2D eigenvalue weighted by Gasteiger charge is 2.72. The number of fused-ring (bicyclic) bond motifs is 3. The van der Waals surface area contributed by atoms with Gasteiger partial charge in [0.05, 0.1) is 25.4 Å². The van der Waals surface area contributed by atoms with E-state index in [1.54, 1.807) is 19.9 Å². The van der Waals surface area contributed by atoms with E-state index >= 15 is 0 Å². The first-order valence-corrected chi connectivity index (χ1v) is 13.0. The van der Waals surface area contributed by atoms with Gasteiger partial charge in [0.2, 0.25) is 0 Å². The van der Waals surface area contributed by atoms with E-state index in [4.69, 9.17) is 9.47 Å². The average Bonchev–Trinajstić information content (AvgIpc) is 2.84. The molecule has 0 radical (unpaired) electrons. The summed E-state index contributed by atoms with van der Waals surface area (Å²) in [6, 6.07) is 0. The minimum atomic E-state index is -1.84. The summed E-state index contributed by atoms with van der Waals surface area (Å²) < 4.78 is 11.2. The summed E-state index contributed by atoms with van der Waals surface area (Å²) in [5, 5.41) is 85.3. The lowest BCUT2D eigenvalue weighted by Crippen LogP contribution is -2.75. The van der Waals surface area contributed by atoms with Gasteiger partial charge < -0.3 is 50.3 Å². The van der Waals surface area contributed by atoms with Gasteiger partial charge in [0, 0.05) is 17.3 Å². The number of aliphatic hydroxyl groups is 8. The quantitative estimate of drug-likeness (QED) is 0.187. The second-order valence-corrected chi connectivity index (χ2v) is 12.6. The molecule has 1 aliphatic heterocycles. The molecule has 11 heteroatoms. The Morgan fingerprint density at radius 3 is 2.32 bits per heavy atom. The van der Waals surface area contributed by atoms with Crippen molar-refractivity contribution >= 4 is 5.78 Å². The van der Waals surface area contributed by atoms with Gasteiger partial charge in [-0.2, -0.15) is 0 Å². The summed E-state index contributed by atoms with van der Waals surface area (Å²) >= 11 is 0. The Morgan fingerprint density at radius 1 is 1.08 bits per heavy atom. The molecule has 1 heterocycles. The van der Waals surface area contributed by atoms with Gasteiger partial charge in [-0.3, -0.25) is 4.79 Å². The molecule has 14 unspecified atom stereocenters. The van der Waals surface area contributed by atoms with E-state index in [2.05, 4.69) is 6.58 Å². The van der Waals surface area contributed by atoms with Crippen molar-refractivity contribution in [3.05, 3.63) is 12.7 Å². The molecule has 4 aliphatic rings. The molecule has 4 fully saturated rings. The number of Topliss-reactive ketones (excluding diaryl/α,β-unsaturated/α-hetero) is 1. The van der Waals surface area contributed by atoms with Gasteiger partial charge in [-0.1, -0.05) is 26.8 Å². The highest BCUT2D eigenvalue weighted by molar-refractivity contribution is 5.93. The summed E-state index contributed by atoms with van der Waals surface area (Å²) in [6.45, 7) is 8.06. The van der Waals surface area contributed by atoms with Gasteiger partial charge >= 0.3 is 0 Å². The first-order valence-electron chi connectivity index (χ1n) is 13.0. The van der Waals surface area contributed by atoms with Crippen LogP contribution in [0.15, 0.2) is 12.7 Å². The molecule has 0 spiro atoms. The van der Waals surface area contributed by atoms with Gasteiger partial charge in [0.15, 0.2) is 12.1 Å². The van der Waals surface area contributed by atoms with E-state index in [1.807, 2.05) is 6.92 Å². The second-order valence-electron chi connectivity index (χ2n) is 12.6. The van der Waals surface area contributed by atoms with Crippen molar-refractivity contribution in [2.24, 2.45) is 28.1 Å². The number of rotatable bonds is 5. The largest absolute Gasteiger partial charge is 0.394 e.